The second kappa shape index (κ2) is 8.03. The van der Waals surface area contributed by atoms with Gasteiger partial charge in [0.2, 0.25) is 10.0 Å². The Kier molecular flexibility index (Phi) is 6.26. The second-order valence-electron chi connectivity index (χ2n) is 5.58. The highest BCUT2D eigenvalue weighted by atomic mass is 32.2. The first-order valence-corrected chi connectivity index (χ1v) is 10.2. The van der Waals surface area contributed by atoms with E-state index >= 15 is 0 Å². The first-order chi connectivity index (χ1) is 11.8. The lowest BCUT2D eigenvalue weighted by Crippen LogP contribution is -2.27. The Morgan fingerprint density at radius 3 is 2.36 bits per heavy atom. The molecule has 0 unspecified atom stereocenters. The molecule has 25 heavy (non-hydrogen) atoms. The lowest BCUT2D eigenvalue weighted by atomic mass is 10.1. The maximum absolute atomic E-state index is 12.9. The van der Waals surface area contributed by atoms with Gasteiger partial charge in [-0.25, -0.2) is 13.2 Å². The molecule has 0 fully saturated rings. The van der Waals surface area contributed by atoms with Crippen LogP contribution in [0.25, 0.3) is 0 Å². The van der Waals surface area contributed by atoms with E-state index in [1.165, 1.54) is 24.5 Å². The topological polar surface area (TPSA) is 63.7 Å². The molecule has 2 aromatic carbocycles. The number of esters is 1. The molecule has 0 atom stereocenters. The van der Waals surface area contributed by atoms with E-state index in [0.717, 1.165) is 10.5 Å². The van der Waals surface area contributed by atoms with Crippen molar-refractivity contribution >= 4 is 27.8 Å². The molecule has 0 spiro atoms. The van der Waals surface area contributed by atoms with Crippen LogP contribution in [-0.4, -0.2) is 39.1 Å². The van der Waals surface area contributed by atoms with Crippen LogP contribution in [-0.2, 0) is 21.3 Å². The quantitative estimate of drug-likeness (QED) is 0.569. The van der Waals surface area contributed by atoms with Crippen LogP contribution in [0.1, 0.15) is 21.5 Å². The zero-order valence-electron chi connectivity index (χ0n) is 14.6. The Balaban J connectivity index is 2.31. The predicted octanol–water partition coefficient (Wildman–Crippen LogP) is 3.32. The van der Waals surface area contributed by atoms with Crippen LogP contribution in [0.5, 0.6) is 0 Å². The molecule has 7 heteroatoms. The molecular weight excluding hydrogens is 358 g/mol. The highest BCUT2D eigenvalue weighted by Gasteiger charge is 2.24. The Labute approximate surface area is 153 Å². The molecule has 0 saturated carbocycles. The van der Waals surface area contributed by atoms with E-state index in [4.69, 9.17) is 0 Å². The van der Waals surface area contributed by atoms with Crippen LogP contribution >= 0.6 is 11.8 Å². The van der Waals surface area contributed by atoms with E-state index in [1.807, 2.05) is 30.5 Å². The number of nitrogens with zero attached hydrogens (tertiary/aromatic N) is 1. The van der Waals surface area contributed by atoms with Crippen LogP contribution in [0.15, 0.2) is 52.3 Å². The van der Waals surface area contributed by atoms with Gasteiger partial charge in [-0.3, -0.25) is 0 Å². The predicted molar refractivity (Wildman–Crippen MR) is 99.4 cm³/mol. The van der Waals surface area contributed by atoms with Crippen molar-refractivity contribution in [3.8, 4) is 0 Å². The Bertz CT molecular complexity index is 861. The van der Waals surface area contributed by atoms with Crippen LogP contribution in [0.3, 0.4) is 0 Å². The van der Waals surface area contributed by atoms with E-state index in [-0.39, 0.29) is 17.0 Å². The van der Waals surface area contributed by atoms with Crippen LogP contribution in [0.2, 0.25) is 0 Å². The first kappa shape index (κ1) is 19.5. The standard InChI is InChI=1S/C18H21NO4S2/c1-13-5-8-15(18(20)23-3)11-17(13)25(21,22)19(2)12-14-6-9-16(24-4)10-7-14/h5-11H,12H2,1-4H3. The highest BCUT2D eigenvalue weighted by Crippen LogP contribution is 2.23. The average molecular weight is 380 g/mol. The monoisotopic (exact) mass is 379 g/mol. The average Bonchev–Trinajstić information content (AvgIpc) is 2.61. The molecular formula is C18H21NO4S2. The summed E-state index contributed by atoms with van der Waals surface area (Å²) in [7, 11) is -0.933. The summed E-state index contributed by atoms with van der Waals surface area (Å²) in [4.78, 5) is 12.9. The number of methoxy groups -OCH3 is 1. The molecule has 0 aliphatic rings. The molecule has 5 nitrogen and oxygen atoms in total. The van der Waals surface area contributed by atoms with Crippen molar-refractivity contribution in [3.05, 3.63) is 59.2 Å². The second-order valence-corrected chi connectivity index (χ2v) is 8.47. The van der Waals surface area contributed by atoms with E-state index in [0.29, 0.717) is 5.56 Å². The zero-order valence-corrected chi connectivity index (χ0v) is 16.3. The summed E-state index contributed by atoms with van der Waals surface area (Å²) in [6.45, 7) is 1.95. The number of sulfonamides is 1. The molecule has 134 valence electrons. The number of rotatable bonds is 6. The number of thioether (sulfide) groups is 1. The van der Waals surface area contributed by atoms with Gasteiger partial charge >= 0.3 is 5.97 Å². The van der Waals surface area contributed by atoms with Gasteiger partial charge in [0, 0.05) is 18.5 Å². The Morgan fingerprint density at radius 2 is 1.80 bits per heavy atom. The molecule has 2 rings (SSSR count). The largest absolute Gasteiger partial charge is 0.465 e. The van der Waals surface area contributed by atoms with E-state index in [2.05, 4.69) is 4.74 Å². The maximum atomic E-state index is 12.9. The summed E-state index contributed by atoms with van der Waals surface area (Å²) in [5, 5.41) is 0. The summed E-state index contributed by atoms with van der Waals surface area (Å²) < 4.78 is 31.8. The molecule has 0 bridgehead atoms. The van der Waals surface area contributed by atoms with Gasteiger partial charge < -0.3 is 4.74 Å². The van der Waals surface area contributed by atoms with Gasteiger partial charge in [0.05, 0.1) is 17.6 Å². The fraction of sp³-hybridized carbons (Fsp3) is 0.278. The highest BCUT2D eigenvalue weighted by molar-refractivity contribution is 7.98. The summed E-state index contributed by atoms with van der Waals surface area (Å²) in [6.07, 6.45) is 1.99. The number of carbonyl (C=O) groups is 1. The fourth-order valence-corrected chi connectivity index (χ4v) is 4.18. The van der Waals surface area contributed by atoms with Gasteiger partial charge in [-0.15, -0.1) is 11.8 Å². The van der Waals surface area contributed by atoms with Crippen molar-refractivity contribution in [2.24, 2.45) is 0 Å². The number of hydrogen-bond acceptors (Lipinski definition) is 5. The molecule has 0 N–H and O–H groups in total. The van der Waals surface area contributed by atoms with Gasteiger partial charge in [0.15, 0.2) is 0 Å². The van der Waals surface area contributed by atoms with Gasteiger partial charge in [0.25, 0.3) is 0 Å². The summed E-state index contributed by atoms with van der Waals surface area (Å²) in [5.74, 6) is -0.563. The third-order valence-corrected chi connectivity index (χ3v) is 6.55. The fourth-order valence-electron chi connectivity index (χ4n) is 2.36. The third kappa shape index (κ3) is 4.42. The van der Waals surface area contributed by atoms with Crippen LogP contribution in [0.4, 0.5) is 0 Å². The van der Waals surface area contributed by atoms with E-state index < -0.39 is 16.0 Å². The van der Waals surface area contributed by atoms with Crippen molar-refractivity contribution < 1.29 is 17.9 Å². The molecule has 0 heterocycles. The van der Waals surface area contributed by atoms with Gasteiger partial charge in [-0.05, 0) is 48.6 Å². The van der Waals surface area contributed by atoms with E-state index in [1.54, 1.807) is 30.8 Å². The molecule has 0 amide bonds. The zero-order chi connectivity index (χ0) is 18.6. The number of hydrogen-bond donors (Lipinski definition) is 0. The lowest BCUT2D eigenvalue weighted by molar-refractivity contribution is 0.0600. The normalized spacial score (nSPS) is 11.6. The Hall–Kier alpha value is -1.83. The minimum atomic E-state index is -3.73. The van der Waals surface area contributed by atoms with Crippen molar-refractivity contribution in [2.75, 3.05) is 20.4 Å². The molecule has 0 radical (unpaired) electrons. The van der Waals surface area contributed by atoms with Crippen molar-refractivity contribution in [1.29, 1.82) is 0 Å². The van der Waals surface area contributed by atoms with Gasteiger partial charge in [-0.1, -0.05) is 18.2 Å². The van der Waals surface area contributed by atoms with Crippen LogP contribution in [0, 0.1) is 6.92 Å². The minimum absolute atomic E-state index is 0.110. The first-order valence-electron chi connectivity index (χ1n) is 7.58. The SMILES string of the molecule is COC(=O)c1ccc(C)c(S(=O)(=O)N(C)Cc2ccc(SC)cc2)c1. The summed E-state index contributed by atoms with van der Waals surface area (Å²) in [6, 6.07) is 12.3. The van der Waals surface area contributed by atoms with Crippen molar-refractivity contribution in [1.82, 2.24) is 4.31 Å². The summed E-state index contributed by atoms with van der Waals surface area (Å²) in [5.41, 5.74) is 1.69. The Morgan fingerprint density at radius 1 is 1.16 bits per heavy atom. The third-order valence-electron chi connectivity index (χ3n) is 3.86. The maximum Gasteiger partial charge on any atom is 0.337 e. The van der Waals surface area contributed by atoms with E-state index in [9.17, 15) is 13.2 Å². The van der Waals surface area contributed by atoms with Gasteiger partial charge in [-0.2, -0.15) is 4.31 Å². The minimum Gasteiger partial charge on any atom is -0.465 e. The molecule has 0 aliphatic carbocycles. The van der Waals surface area contributed by atoms with Gasteiger partial charge in [0.1, 0.15) is 0 Å². The number of carbonyl (C=O) groups excluding carboxylic acids is 1. The molecule has 0 aliphatic heterocycles. The number of ether oxygens (including phenoxy) is 1. The summed E-state index contributed by atoms with van der Waals surface area (Å²) >= 11 is 1.63. The molecule has 0 saturated heterocycles. The molecule has 0 aromatic heterocycles. The molecule has 2 aromatic rings. The van der Waals surface area contributed by atoms with Crippen molar-refractivity contribution in [3.63, 3.8) is 0 Å². The van der Waals surface area contributed by atoms with Crippen molar-refractivity contribution in [2.45, 2.75) is 23.3 Å². The lowest BCUT2D eigenvalue weighted by Gasteiger charge is -2.19. The number of aryl methyl sites for hydroxylation is 1. The van der Waals surface area contributed by atoms with Crippen LogP contribution < -0.4 is 0 Å². The number of benzene rings is 2. The smallest absolute Gasteiger partial charge is 0.337 e.